The molecule has 0 atom stereocenters. The van der Waals surface area contributed by atoms with Crippen molar-refractivity contribution in [2.75, 3.05) is 4.90 Å². The molecule has 0 radical (unpaired) electrons. The van der Waals surface area contributed by atoms with E-state index < -0.39 is 0 Å². The molecule has 0 fully saturated rings. The first-order valence-electron chi connectivity index (χ1n) is 14.4. The summed E-state index contributed by atoms with van der Waals surface area (Å²) in [4.78, 5) is 30.3. The molecule has 5 aromatic carbocycles. The quantitative estimate of drug-likeness (QED) is 0.176. The summed E-state index contributed by atoms with van der Waals surface area (Å²) in [5.41, 5.74) is 7.57. The molecule has 0 bridgehead atoms. The first-order chi connectivity index (χ1) is 20.3. The van der Waals surface area contributed by atoms with Gasteiger partial charge in [-0.3, -0.25) is 9.59 Å². The molecule has 0 aliphatic carbocycles. The summed E-state index contributed by atoms with van der Waals surface area (Å²) in [6.45, 7) is 13.1. The molecule has 0 N–H and O–H groups in total. The minimum atomic E-state index is -0.334. The van der Waals surface area contributed by atoms with Crippen molar-refractivity contribution in [3.63, 3.8) is 0 Å². The topological polar surface area (TPSA) is 37.4 Å². The van der Waals surface area contributed by atoms with Crippen LogP contribution in [0.15, 0.2) is 99.9 Å². The maximum absolute atomic E-state index is 14.4. The number of imide groups is 1. The lowest BCUT2D eigenvalue weighted by molar-refractivity contribution is 0.0893. The number of hydrogen-bond donors (Lipinski definition) is 0. The molecule has 1 aliphatic rings. The Labute approximate surface area is 270 Å². The molecule has 1 heterocycles. The van der Waals surface area contributed by atoms with Gasteiger partial charge in [-0.05, 0) is 57.3 Å². The van der Waals surface area contributed by atoms with E-state index in [-0.39, 0.29) is 22.6 Å². The molecule has 0 aromatic heterocycles. The molecule has 1 aliphatic heterocycles. The van der Waals surface area contributed by atoms with Gasteiger partial charge in [-0.2, -0.15) is 0 Å². The van der Waals surface area contributed by atoms with Crippen LogP contribution in [-0.2, 0) is 10.8 Å². The van der Waals surface area contributed by atoms with Gasteiger partial charge in [0.2, 0.25) is 0 Å². The summed E-state index contributed by atoms with van der Waals surface area (Å²) >= 11 is 7.25. The standard InChI is InChI=1S/C38H33Br2NO2/c1-37(2,3)24-14-10-22(11-15-24)26-8-7-9-27(23-12-16-25(17-13-23)38(4,5)6)34(26)41-35(42)28-18-20-30(39)33-31(40)21-19-29(32(28)33)36(41)43/h7-21H,1-6H3. The highest BCUT2D eigenvalue weighted by atomic mass is 79.9. The molecule has 6 rings (SSSR count). The fourth-order valence-electron chi connectivity index (χ4n) is 5.86. The number of anilines is 1. The summed E-state index contributed by atoms with van der Waals surface area (Å²) < 4.78 is 1.65. The van der Waals surface area contributed by atoms with Crippen molar-refractivity contribution in [3.8, 4) is 22.3 Å². The van der Waals surface area contributed by atoms with Crippen LogP contribution < -0.4 is 4.90 Å². The highest BCUT2D eigenvalue weighted by molar-refractivity contribution is 9.11. The summed E-state index contributed by atoms with van der Waals surface area (Å²) in [6.07, 6.45) is 0. The van der Waals surface area contributed by atoms with E-state index in [0.717, 1.165) is 36.6 Å². The van der Waals surface area contributed by atoms with Crippen molar-refractivity contribution in [1.29, 1.82) is 0 Å². The van der Waals surface area contributed by atoms with E-state index in [0.29, 0.717) is 22.2 Å². The second-order valence-corrected chi connectivity index (χ2v) is 15.0. The van der Waals surface area contributed by atoms with Crippen molar-refractivity contribution in [3.05, 3.63) is 122 Å². The highest BCUT2D eigenvalue weighted by Gasteiger charge is 2.37. The van der Waals surface area contributed by atoms with Crippen molar-refractivity contribution in [2.24, 2.45) is 0 Å². The molecule has 2 amide bonds. The Morgan fingerprint density at radius 1 is 0.488 bits per heavy atom. The van der Waals surface area contributed by atoms with Crippen LogP contribution >= 0.6 is 31.9 Å². The van der Waals surface area contributed by atoms with Gasteiger partial charge < -0.3 is 0 Å². The van der Waals surface area contributed by atoms with Gasteiger partial charge in [-0.25, -0.2) is 4.90 Å². The van der Waals surface area contributed by atoms with E-state index in [1.54, 1.807) is 0 Å². The SMILES string of the molecule is CC(C)(C)c1ccc(-c2cccc(-c3ccc(C(C)(C)C)cc3)c2N2C(=O)c3ccc(Br)c4c(Br)ccc(c34)C2=O)cc1. The van der Waals surface area contributed by atoms with Crippen LogP contribution in [0.3, 0.4) is 0 Å². The third-order valence-corrected chi connectivity index (χ3v) is 9.63. The van der Waals surface area contributed by atoms with Gasteiger partial charge in [0.1, 0.15) is 0 Å². The van der Waals surface area contributed by atoms with Gasteiger partial charge in [0, 0.05) is 42.0 Å². The van der Waals surface area contributed by atoms with Crippen LogP contribution in [0.5, 0.6) is 0 Å². The molecule has 5 heteroatoms. The number of nitrogens with zero attached hydrogens (tertiary/aromatic N) is 1. The van der Waals surface area contributed by atoms with Crippen LogP contribution in [0.1, 0.15) is 73.4 Å². The zero-order valence-electron chi connectivity index (χ0n) is 25.2. The number of amides is 2. The van der Waals surface area contributed by atoms with Gasteiger partial charge in [0.15, 0.2) is 0 Å². The molecular weight excluding hydrogens is 662 g/mol. The predicted molar refractivity (Wildman–Crippen MR) is 185 cm³/mol. The second-order valence-electron chi connectivity index (χ2n) is 13.2. The predicted octanol–water partition coefficient (Wildman–Crippen LogP) is 11.1. The van der Waals surface area contributed by atoms with Gasteiger partial charge >= 0.3 is 0 Å². The average Bonchev–Trinajstić information content (AvgIpc) is 2.96. The van der Waals surface area contributed by atoms with E-state index in [1.807, 2.05) is 42.5 Å². The van der Waals surface area contributed by atoms with E-state index in [9.17, 15) is 9.59 Å². The van der Waals surface area contributed by atoms with E-state index in [2.05, 4.69) is 122 Å². The lowest BCUT2D eigenvalue weighted by Crippen LogP contribution is -2.41. The number of benzene rings is 5. The third kappa shape index (κ3) is 5.07. The molecule has 5 aromatic rings. The smallest absolute Gasteiger partial charge is 0.266 e. The largest absolute Gasteiger partial charge is 0.268 e. The zero-order chi connectivity index (χ0) is 30.8. The molecular formula is C38H33Br2NO2. The maximum atomic E-state index is 14.4. The number of para-hydroxylation sites is 1. The molecule has 3 nitrogen and oxygen atoms in total. The zero-order valence-corrected chi connectivity index (χ0v) is 28.4. The number of carbonyl (C=O) groups excluding carboxylic acids is 2. The van der Waals surface area contributed by atoms with Gasteiger partial charge in [0.25, 0.3) is 11.8 Å². The number of rotatable bonds is 3. The first kappa shape index (κ1) is 29.5. The Bertz CT molecular complexity index is 1790. The van der Waals surface area contributed by atoms with Crippen molar-refractivity contribution in [2.45, 2.75) is 52.4 Å². The normalized spacial score (nSPS) is 13.6. The molecule has 0 spiro atoms. The highest BCUT2D eigenvalue weighted by Crippen LogP contribution is 2.45. The van der Waals surface area contributed by atoms with Crippen molar-refractivity contribution >= 4 is 60.1 Å². The maximum Gasteiger partial charge on any atom is 0.266 e. The van der Waals surface area contributed by atoms with Gasteiger partial charge in [0.05, 0.1) is 5.69 Å². The fourth-order valence-corrected chi connectivity index (χ4v) is 7.21. The minimum Gasteiger partial charge on any atom is -0.268 e. The van der Waals surface area contributed by atoms with Crippen LogP contribution in [0.4, 0.5) is 5.69 Å². The van der Waals surface area contributed by atoms with E-state index in [4.69, 9.17) is 0 Å². The lowest BCUT2D eigenvalue weighted by Gasteiger charge is -2.31. The fraction of sp³-hybridized carbons (Fsp3) is 0.211. The van der Waals surface area contributed by atoms with E-state index in [1.165, 1.54) is 16.0 Å². The van der Waals surface area contributed by atoms with Crippen LogP contribution in [-0.4, -0.2) is 11.8 Å². The molecule has 216 valence electrons. The molecule has 43 heavy (non-hydrogen) atoms. The Morgan fingerprint density at radius 3 is 1.26 bits per heavy atom. The van der Waals surface area contributed by atoms with Gasteiger partial charge in [-0.1, -0.05) is 140 Å². The molecule has 0 saturated heterocycles. The Hall–Kier alpha value is -3.54. The Morgan fingerprint density at radius 2 is 0.884 bits per heavy atom. The first-order valence-corrected chi connectivity index (χ1v) is 16.0. The summed E-state index contributed by atoms with van der Waals surface area (Å²) in [5.74, 6) is -0.668. The van der Waals surface area contributed by atoms with Crippen molar-refractivity contribution < 1.29 is 9.59 Å². The Balaban J connectivity index is 1.61. The van der Waals surface area contributed by atoms with Crippen molar-refractivity contribution in [1.82, 2.24) is 0 Å². The molecule has 0 saturated carbocycles. The summed E-state index contributed by atoms with van der Waals surface area (Å²) in [6, 6.07) is 30.3. The minimum absolute atomic E-state index is 0.00174. The van der Waals surface area contributed by atoms with Crippen LogP contribution in [0, 0.1) is 0 Å². The average molecular weight is 695 g/mol. The van der Waals surface area contributed by atoms with Crippen LogP contribution in [0.25, 0.3) is 33.0 Å². The van der Waals surface area contributed by atoms with E-state index >= 15 is 0 Å². The number of hydrogen-bond acceptors (Lipinski definition) is 2. The van der Waals surface area contributed by atoms with Crippen LogP contribution in [0.2, 0.25) is 0 Å². The Kier molecular flexibility index (Phi) is 7.26. The summed E-state index contributed by atoms with van der Waals surface area (Å²) in [5, 5.41) is 1.48. The number of carbonyl (C=O) groups is 2. The second kappa shape index (κ2) is 10.6. The third-order valence-electron chi connectivity index (χ3n) is 8.31. The van der Waals surface area contributed by atoms with Gasteiger partial charge in [-0.15, -0.1) is 0 Å². The molecule has 0 unspecified atom stereocenters. The lowest BCUT2D eigenvalue weighted by atomic mass is 9.84. The summed E-state index contributed by atoms with van der Waals surface area (Å²) in [7, 11) is 0. The monoisotopic (exact) mass is 693 g/mol. The number of halogens is 2.